The van der Waals surface area contributed by atoms with Gasteiger partial charge in [0.25, 0.3) is 0 Å². The molecule has 1 fully saturated rings. The average Bonchev–Trinajstić information content (AvgIpc) is 2.43. The highest BCUT2D eigenvalue weighted by atomic mass is 32.2. The molecule has 1 aliphatic carbocycles. The van der Waals surface area contributed by atoms with Crippen LogP contribution in [0, 0.1) is 5.92 Å². The van der Waals surface area contributed by atoms with E-state index in [1.165, 1.54) is 30.6 Å². The average molecular weight is 279 g/mol. The van der Waals surface area contributed by atoms with Gasteiger partial charge in [-0.3, -0.25) is 0 Å². The molecule has 19 heavy (non-hydrogen) atoms. The number of benzene rings is 1. The summed E-state index contributed by atoms with van der Waals surface area (Å²) >= 11 is 1.90. The Morgan fingerprint density at radius 3 is 2.84 bits per heavy atom. The Balaban J connectivity index is 2.03. The summed E-state index contributed by atoms with van der Waals surface area (Å²) < 4.78 is 5.43. The first kappa shape index (κ1) is 14.7. The van der Waals surface area contributed by atoms with Gasteiger partial charge in [0, 0.05) is 16.2 Å². The molecule has 1 aliphatic rings. The Labute approximate surface area is 121 Å². The summed E-state index contributed by atoms with van der Waals surface area (Å²) in [7, 11) is 1.74. The normalized spacial score (nSPS) is 27.2. The maximum atomic E-state index is 6.32. The quantitative estimate of drug-likeness (QED) is 0.882. The Hall–Kier alpha value is -0.670. The summed E-state index contributed by atoms with van der Waals surface area (Å²) in [6.07, 6.45) is 6.34. The number of methoxy groups -OCH3 is 1. The minimum Gasteiger partial charge on any atom is -0.496 e. The van der Waals surface area contributed by atoms with Gasteiger partial charge in [0.05, 0.1) is 7.11 Å². The van der Waals surface area contributed by atoms with Crippen LogP contribution in [0.15, 0.2) is 29.2 Å². The molecule has 0 bridgehead atoms. The molecule has 3 heteroatoms. The van der Waals surface area contributed by atoms with E-state index in [2.05, 4.69) is 19.1 Å². The lowest BCUT2D eigenvalue weighted by molar-refractivity contribution is 0.316. The molecule has 2 N–H and O–H groups in total. The van der Waals surface area contributed by atoms with Crippen LogP contribution in [0.5, 0.6) is 5.75 Å². The van der Waals surface area contributed by atoms with Gasteiger partial charge in [-0.15, -0.1) is 11.8 Å². The van der Waals surface area contributed by atoms with E-state index in [4.69, 9.17) is 10.5 Å². The fourth-order valence-electron chi connectivity index (χ4n) is 2.92. The van der Waals surface area contributed by atoms with Crippen LogP contribution in [0.4, 0.5) is 0 Å². The van der Waals surface area contributed by atoms with Crippen molar-refractivity contribution in [3.8, 4) is 5.75 Å². The molecule has 2 rings (SSSR count). The van der Waals surface area contributed by atoms with Crippen LogP contribution in [0.25, 0.3) is 0 Å². The summed E-state index contributed by atoms with van der Waals surface area (Å²) in [6.45, 7) is 2.27. The fourth-order valence-corrected chi connectivity index (χ4v) is 4.35. The minimum atomic E-state index is 0.322. The molecule has 0 aromatic heterocycles. The van der Waals surface area contributed by atoms with Crippen molar-refractivity contribution in [2.45, 2.75) is 55.2 Å². The molecule has 2 nitrogen and oxygen atoms in total. The zero-order valence-electron chi connectivity index (χ0n) is 12.0. The van der Waals surface area contributed by atoms with E-state index < -0.39 is 0 Å². The van der Waals surface area contributed by atoms with E-state index in [1.54, 1.807) is 7.11 Å². The lowest BCUT2D eigenvalue weighted by atomic mass is 9.83. The number of para-hydroxylation sites is 1. The molecule has 0 radical (unpaired) electrons. The lowest BCUT2D eigenvalue weighted by Crippen LogP contribution is -2.38. The summed E-state index contributed by atoms with van der Waals surface area (Å²) in [5, 5.41) is 0.529. The van der Waals surface area contributed by atoms with Crippen molar-refractivity contribution in [1.29, 1.82) is 0 Å². The third kappa shape index (κ3) is 3.90. The van der Waals surface area contributed by atoms with E-state index in [0.717, 1.165) is 18.1 Å². The highest BCUT2D eigenvalue weighted by Gasteiger charge is 2.29. The summed E-state index contributed by atoms with van der Waals surface area (Å²) in [4.78, 5) is 1.22. The van der Waals surface area contributed by atoms with Crippen LogP contribution in [0.1, 0.15) is 39.0 Å². The van der Waals surface area contributed by atoms with Crippen molar-refractivity contribution in [2.75, 3.05) is 7.11 Å². The van der Waals surface area contributed by atoms with Gasteiger partial charge in [-0.2, -0.15) is 0 Å². The molecule has 106 valence electrons. The Morgan fingerprint density at radius 2 is 2.11 bits per heavy atom. The lowest BCUT2D eigenvalue weighted by Gasteiger charge is -2.33. The van der Waals surface area contributed by atoms with Gasteiger partial charge in [0.2, 0.25) is 0 Å². The molecule has 3 atom stereocenters. The molecule has 1 saturated carbocycles. The van der Waals surface area contributed by atoms with E-state index in [0.29, 0.717) is 11.3 Å². The topological polar surface area (TPSA) is 35.2 Å². The molecular formula is C16H25NOS. The van der Waals surface area contributed by atoms with E-state index in [1.807, 2.05) is 23.9 Å². The van der Waals surface area contributed by atoms with Crippen molar-refractivity contribution in [2.24, 2.45) is 11.7 Å². The number of thioether (sulfide) groups is 1. The van der Waals surface area contributed by atoms with Crippen LogP contribution < -0.4 is 10.5 Å². The maximum absolute atomic E-state index is 6.32. The minimum absolute atomic E-state index is 0.322. The monoisotopic (exact) mass is 279 g/mol. The van der Waals surface area contributed by atoms with Crippen molar-refractivity contribution in [3.63, 3.8) is 0 Å². The largest absolute Gasteiger partial charge is 0.496 e. The molecular weight excluding hydrogens is 254 g/mol. The molecule has 3 unspecified atom stereocenters. The first-order valence-corrected chi connectivity index (χ1v) is 8.17. The second kappa shape index (κ2) is 7.20. The molecule has 0 saturated heterocycles. The maximum Gasteiger partial charge on any atom is 0.132 e. The van der Waals surface area contributed by atoms with Crippen LogP contribution in [-0.2, 0) is 0 Å². The van der Waals surface area contributed by atoms with Gasteiger partial charge < -0.3 is 10.5 Å². The highest BCUT2D eigenvalue weighted by Crippen LogP contribution is 2.40. The van der Waals surface area contributed by atoms with Crippen molar-refractivity contribution in [3.05, 3.63) is 24.3 Å². The predicted molar refractivity (Wildman–Crippen MR) is 82.9 cm³/mol. The summed E-state index contributed by atoms with van der Waals surface area (Å²) in [5.41, 5.74) is 6.32. The second-order valence-electron chi connectivity index (χ2n) is 5.44. The van der Waals surface area contributed by atoms with Crippen LogP contribution >= 0.6 is 11.8 Å². The van der Waals surface area contributed by atoms with E-state index in [9.17, 15) is 0 Å². The molecule has 1 aromatic carbocycles. The van der Waals surface area contributed by atoms with Gasteiger partial charge in [-0.25, -0.2) is 0 Å². The Bertz CT molecular complexity index is 396. The molecule has 0 heterocycles. The van der Waals surface area contributed by atoms with Crippen molar-refractivity contribution in [1.82, 2.24) is 0 Å². The predicted octanol–water partition coefficient (Wildman–Crippen LogP) is 4.08. The van der Waals surface area contributed by atoms with Gasteiger partial charge >= 0.3 is 0 Å². The highest BCUT2D eigenvalue weighted by molar-refractivity contribution is 8.00. The number of nitrogens with two attached hydrogens (primary N) is 1. The van der Waals surface area contributed by atoms with Gasteiger partial charge in [-0.05, 0) is 37.3 Å². The standard InChI is InChI=1S/C16H25NOS/c1-3-6-12-9-10-13(17)16(11-12)19-15-8-5-4-7-14(15)18-2/h4-5,7-8,12-13,16H,3,6,9-11,17H2,1-2H3. The van der Waals surface area contributed by atoms with E-state index >= 15 is 0 Å². The van der Waals surface area contributed by atoms with Gasteiger partial charge in [-0.1, -0.05) is 31.9 Å². The van der Waals surface area contributed by atoms with E-state index in [-0.39, 0.29) is 0 Å². The molecule has 1 aromatic rings. The number of rotatable bonds is 5. The van der Waals surface area contributed by atoms with Crippen LogP contribution in [-0.4, -0.2) is 18.4 Å². The summed E-state index contributed by atoms with van der Waals surface area (Å²) in [6, 6.07) is 8.58. The van der Waals surface area contributed by atoms with Gasteiger partial charge in [0.1, 0.15) is 5.75 Å². The zero-order chi connectivity index (χ0) is 13.7. The molecule has 0 amide bonds. The number of ether oxygens (including phenoxy) is 1. The number of hydrogen-bond donors (Lipinski definition) is 1. The zero-order valence-corrected chi connectivity index (χ0v) is 12.8. The molecule has 0 aliphatic heterocycles. The number of hydrogen-bond acceptors (Lipinski definition) is 3. The Kier molecular flexibility index (Phi) is 5.59. The summed E-state index contributed by atoms with van der Waals surface area (Å²) in [5.74, 6) is 1.83. The van der Waals surface area contributed by atoms with Crippen molar-refractivity contribution < 1.29 is 4.74 Å². The first-order chi connectivity index (χ1) is 9.24. The SMILES string of the molecule is CCCC1CCC(N)C(Sc2ccccc2OC)C1. The third-order valence-electron chi connectivity index (χ3n) is 4.00. The smallest absolute Gasteiger partial charge is 0.132 e. The Morgan fingerprint density at radius 1 is 1.32 bits per heavy atom. The fraction of sp³-hybridized carbons (Fsp3) is 0.625. The first-order valence-electron chi connectivity index (χ1n) is 7.29. The second-order valence-corrected chi connectivity index (χ2v) is 6.72. The third-order valence-corrected chi connectivity index (χ3v) is 5.43. The van der Waals surface area contributed by atoms with Crippen LogP contribution in [0.2, 0.25) is 0 Å². The van der Waals surface area contributed by atoms with Crippen molar-refractivity contribution >= 4 is 11.8 Å². The van der Waals surface area contributed by atoms with Crippen LogP contribution in [0.3, 0.4) is 0 Å². The molecule has 0 spiro atoms. The van der Waals surface area contributed by atoms with Gasteiger partial charge in [0.15, 0.2) is 0 Å².